The highest BCUT2D eigenvalue weighted by Crippen LogP contribution is 2.34. The van der Waals surface area contributed by atoms with E-state index >= 15 is 0 Å². The van der Waals surface area contributed by atoms with Gasteiger partial charge in [0.1, 0.15) is 23.9 Å². The predicted octanol–water partition coefficient (Wildman–Crippen LogP) is 3.74. The molecule has 1 aromatic carbocycles. The molecule has 2 aliphatic heterocycles. The molecular weight excluding hydrogens is 391 g/mol. The molecule has 2 aromatic heterocycles. The zero-order chi connectivity index (χ0) is 19.5. The van der Waals surface area contributed by atoms with Gasteiger partial charge in [0.15, 0.2) is 5.15 Å². The number of aromatic nitrogens is 3. The molecule has 9 heteroatoms. The van der Waals surface area contributed by atoms with E-state index in [0.717, 1.165) is 25.2 Å². The summed E-state index contributed by atoms with van der Waals surface area (Å²) in [5.41, 5.74) is 2.23. The first-order valence-electron chi connectivity index (χ1n) is 9.34. The fourth-order valence-corrected chi connectivity index (χ4v) is 4.87. The molecule has 4 heterocycles. The molecule has 0 spiro atoms. The van der Waals surface area contributed by atoms with Crippen LogP contribution in [0.15, 0.2) is 24.5 Å². The fraction of sp³-hybridized carbons (Fsp3) is 0.474. The average molecular weight is 410 g/mol. The molecule has 0 saturated carbocycles. The molecule has 5 rings (SSSR count). The third-order valence-corrected chi connectivity index (χ3v) is 5.97. The van der Waals surface area contributed by atoms with Gasteiger partial charge in [0.2, 0.25) is 0 Å². The minimum absolute atomic E-state index is 0.0330. The second-order valence-corrected chi connectivity index (χ2v) is 8.10. The number of fused-ring (bicyclic) bond motifs is 5. The molecule has 0 amide bonds. The van der Waals surface area contributed by atoms with Gasteiger partial charge >= 0.3 is 6.18 Å². The SMILES string of the molecule is FC(F)(F)Cn1c2ccc(CN3CC4CCC(C3)N4)cc2c2ncnc(Cl)c21. The zero-order valence-corrected chi connectivity index (χ0v) is 15.8. The van der Waals surface area contributed by atoms with Crippen molar-refractivity contribution in [2.45, 2.75) is 44.2 Å². The van der Waals surface area contributed by atoms with Crippen LogP contribution < -0.4 is 5.32 Å². The summed E-state index contributed by atoms with van der Waals surface area (Å²) in [5, 5.41) is 4.32. The largest absolute Gasteiger partial charge is 0.406 e. The Morgan fingerprint density at radius 3 is 2.61 bits per heavy atom. The second-order valence-electron chi connectivity index (χ2n) is 7.75. The summed E-state index contributed by atoms with van der Waals surface area (Å²) < 4.78 is 40.6. The van der Waals surface area contributed by atoms with Gasteiger partial charge in [-0.05, 0) is 30.5 Å². The number of alkyl halides is 3. The Labute approximate surface area is 164 Å². The van der Waals surface area contributed by atoms with E-state index in [1.54, 1.807) is 6.07 Å². The fourth-order valence-electron chi connectivity index (χ4n) is 4.64. The summed E-state index contributed by atoms with van der Waals surface area (Å²) in [6, 6.07) is 6.67. The predicted molar refractivity (Wildman–Crippen MR) is 101 cm³/mol. The second kappa shape index (κ2) is 6.57. The third kappa shape index (κ3) is 3.23. The number of hydrogen-bond donors (Lipinski definition) is 1. The number of piperazine rings is 1. The Kier molecular flexibility index (Phi) is 4.26. The number of nitrogens with one attached hydrogen (secondary N) is 1. The van der Waals surface area contributed by atoms with Crippen LogP contribution in [-0.2, 0) is 13.1 Å². The molecule has 5 nitrogen and oxygen atoms in total. The Balaban J connectivity index is 1.56. The molecule has 0 aliphatic carbocycles. The van der Waals surface area contributed by atoms with Crippen LogP contribution in [0.3, 0.4) is 0 Å². The summed E-state index contributed by atoms with van der Waals surface area (Å²) >= 11 is 6.14. The van der Waals surface area contributed by atoms with Crippen LogP contribution >= 0.6 is 11.6 Å². The monoisotopic (exact) mass is 409 g/mol. The summed E-state index contributed by atoms with van der Waals surface area (Å²) in [4.78, 5) is 10.5. The standard InChI is InChI=1S/C19H19ClF3N5/c20-18-17-16(24-10-25-18)14-5-11(1-4-15(14)28(17)9-19(21,22)23)6-27-7-12-2-3-13(8-27)26-12/h1,4-5,10,12-13,26H,2-3,6-9H2. The van der Waals surface area contributed by atoms with Gasteiger partial charge in [-0.1, -0.05) is 17.7 Å². The van der Waals surface area contributed by atoms with Crippen molar-refractivity contribution < 1.29 is 13.2 Å². The molecule has 2 aliphatic rings. The molecule has 2 bridgehead atoms. The summed E-state index contributed by atoms with van der Waals surface area (Å²) in [7, 11) is 0. The normalized spacial score (nSPS) is 23.1. The Morgan fingerprint density at radius 2 is 1.89 bits per heavy atom. The van der Waals surface area contributed by atoms with E-state index in [1.807, 2.05) is 12.1 Å². The van der Waals surface area contributed by atoms with E-state index in [1.165, 1.54) is 23.7 Å². The number of hydrogen-bond acceptors (Lipinski definition) is 4. The number of halogens is 4. The van der Waals surface area contributed by atoms with E-state index in [-0.39, 0.29) is 10.7 Å². The van der Waals surface area contributed by atoms with Gasteiger partial charge in [-0.15, -0.1) is 0 Å². The first-order chi connectivity index (χ1) is 13.4. The summed E-state index contributed by atoms with van der Waals surface area (Å²) in [5.74, 6) is 0. The van der Waals surface area contributed by atoms with Crippen LogP contribution in [0.25, 0.3) is 21.9 Å². The molecule has 0 radical (unpaired) electrons. The van der Waals surface area contributed by atoms with Crippen LogP contribution in [0.1, 0.15) is 18.4 Å². The molecule has 2 unspecified atom stereocenters. The maximum Gasteiger partial charge on any atom is 0.406 e. The third-order valence-electron chi connectivity index (χ3n) is 5.69. The summed E-state index contributed by atoms with van der Waals surface area (Å²) in [6.07, 6.45) is -0.652. The lowest BCUT2D eigenvalue weighted by Crippen LogP contribution is -2.50. The van der Waals surface area contributed by atoms with E-state index < -0.39 is 12.7 Å². The lowest BCUT2D eigenvalue weighted by atomic mass is 10.1. The smallest absolute Gasteiger partial charge is 0.327 e. The first kappa shape index (κ1) is 18.1. The van der Waals surface area contributed by atoms with Crippen molar-refractivity contribution >= 4 is 33.5 Å². The van der Waals surface area contributed by atoms with Crippen LogP contribution in [-0.4, -0.2) is 50.8 Å². The molecule has 2 saturated heterocycles. The van der Waals surface area contributed by atoms with Gasteiger partial charge in [-0.25, -0.2) is 9.97 Å². The minimum atomic E-state index is -4.36. The molecular formula is C19H19ClF3N5. The van der Waals surface area contributed by atoms with Gasteiger partial charge in [0.25, 0.3) is 0 Å². The molecule has 2 fully saturated rings. The Morgan fingerprint density at radius 1 is 1.14 bits per heavy atom. The first-order valence-corrected chi connectivity index (χ1v) is 9.72. The lowest BCUT2D eigenvalue weighted by Gasteiger charge is -2.32. The maximum atomic E-state index is 13.2. The highest BCUT2D eigenvalue weighted by Gasteiger charge is 2.33. The van der Waals surface area contributed by atoms with Gasteiger partial charge < -0.3 is 9.88 Å². The average Bonchev–Trinajstić information content (AvgIpc) is 3.12. The van der Waals surface area contributed by atoms with Crippen LogP contribution in [0, 0.1) is 0 Å². The van der Waals surface area contributed by atoms with Crippen molar-refractivity contribution in [3.63, 3.8) is 0 Å². The van der Waals surface area contributed by atoms with E-state index in [2.05, 4.69) is 20.2 Å². The van der Waals surface area contributed by atoms with Gasteiger partial charge in [-0.2, -0.15) is 13.2 Å². The van der Waals surface area contributed by atoms with Crippen molar-refractivity contribution in [1.82, 2.24) is 24.8 Å². The number of nitrogens with zero attached hydrogens (tertiary/aromatic N) is 4. The van der Waals surface area contributed by atoms with Crippen molar-refractivity contribution in [3.05, 3.63) is 35.2 Å². The Bertz CT molecular complexity index is 1040. The minimum Gasteiger partial charge on any atom is -0.327 e. The lowest BCUT2D eigenvalue weighted by molar-refractivity contribution is -0.139. The van der Waals surface area contributed by atoms with Crippen molar-refractivity contribution in [2.75, 3.05) is 13.1 Å². The van der Waals surface area contributed by atoms with Crippen molar-refractivity contribution in [3.8, 4) is 0 Å². The highest BCUT2D eigenvalue weighted by atomic mass is 35.5. The zero-order valence-electron chi connectivity index (χ0n) is 15.0. The number of rotatable bonds is 3. The van der Waals surface area contributed by atoms with Crippen molar-refractivity contribution in [2.24, 2.45) is 0 Å². The molecule has 28 heavy (non-hydrogen) atoms. The van der Waals surface area contributed by atoms with Crippen LogP contribution in [0.4, 0.5) is 13.2 Å². The topological polar surface area (TPSA) is 46.0 Å². The van der Waals surface area contributed by atoms with E-state index in [0.29, 0.717) is 28.5 Å². The van der Waals surface area contributed by atoms with Gasteiger partial charge in [0, 0.05) is 37.1 Å². The maximum absolute atomic E-state index is 13.2. The van der Waals surface area contributed by atoms with E-state index in [4.69, 9.17) is 11.6 Å². The molecule has 1 N–H and O–H groups in total. The molecule has 3 aromatic rings. The van der Waals surface area contributed by atoms with E-state index in [9.17, 15) is 13.2 Å². The number of likely N-dealkylation sites (tertiary alicyclic amines) is 1. The number of benzene rings is 1. The summed E-state index contributed by atoms with van der Waals surface area (Å²) in [6.45, 7) is 1.65. The quantitative estimate of drug-likeness (QED) is 0.669. The van der Waals surface area contributed by atoms with Crippen LogP contribution in [0.2, 0.25) is 5.15 Å². The highest BCUT2D eigenvalue weighted by molar-refractivity contribution is 6.34. The van der Waals surface area contributed by atoms with Gasteiger partial charge in [0.05, 0.1) is 5.52 Å². The molecule has 148 valence electrons. The molecule has 2 atom stereocenters. The van der Waals surface area contributed by atoms with Crippen molar-refractivity contribution in [1.29, 1.82) is 0 Å². The van der Waals surface area contributed by atoms with Crippen LogP contribution in [0.5, 0.6) is 0 Å². The Hall–Kier alpha value is -1.90. The van der Waals surface area contributed by atoms with Gasteiger partial charge in [-0.3, -0.25) is 4.90 Å².